The first-order valence-corrected chi connectivity index (χ1v) is 8.73. The van der Waals surface area contributed by atoms with Gasteiger partial charge in [-0.15, -0.1) is 0 Å². The van der Waals surface area contributed by atoms with Crippen LogP contribution in [0.5, 0.6) is 0 Å². The Labute approximate surface area is 131 Å². The third-order valence-corrected chi connectivity index (χ3v) is 5.62. The van der Waals surface area contributed by atoms with Gasteiger partial charge in [-0.1, -0.05) is 31.4 Å². The van der Waals surface area contributed by atoms with Gasteiger partial charge in [0.1, 0.15) is 0 Å². The Kier molecular flexibility index (Phi) is 3.78. The molecule has 4 nitrogen and oxygen atoms in total. The van der Waals surface area contributed by atoms with Crippen LogP contribution in [0.25, 0.3) is 11.0 Å². The zero-order chi connectivity index (χ0) is 14.9. The summed E-state index contributed by atoms with van der Waals surface area (Å²) in [5.74, 6) is 0.994. The molecule has 1 saturated heterocycles. The number of H-pyrrole nitrogens is 1. The van der Waals surface area contributed by atoms with Crippen molar-refractivity contribution in [2.75, 3.05) is 19.6 Å². The van der Waals surface area contributed by atoms with E-state index in [9.17, 15) is 4.79 Å². The van der Waals surface area contributed by atoms with Gasteiger partial charge >= 0.3 is 5.69 Å². The number of nitrogens with zero attached hydrogens (tertiary/aromatic N) is 2. The van der Waals surface area contributed by atoms with Gasteiger partial charge in [-0.05, 0) is 43.9 Å². The average Bonchev–Trinajstić information content (AvgIpc) is 2.82. The molecular formula is C18H25N3O. The fraction of sp³-hybridized carbons (Fsp3) is 0.611. The van der Waals surface area contributed by atoms with Gasteiger partial charge in [0.05, 0.1) is 11.0 Å². The minimum absolute atomic E-state index is 0.0501. The molecule has 4 rings (SSSR count). The summed E-state index contributed by atoms with van der Waals surface area (Å²) in [5.41, 5.74) is 2.06. The van der Waals surface area contributed by atoms with Crippen molar-refractivity contribution in [1.82, 2.24) is 14.5 Å². The molecule has 2 fully saturated rings. The molecule has 1 aliphatic heterocycles. The van der Waals surface area contributed by atoms with Crippen molar-refractivity contribution in [3.63, 3.8) is 0 Å². The van der Waals surface area contributed by atoms with E-state index in [4.69, 9.17) is 0 Å². The number of fused-ring (bicyclic) bond motifs is 1. The second-order valence-electron chi connectivity index (χ2n) is 6.98. The Morgan fingerprint density at radius 1 is 1.09 bits per heavy atom. The molecular weight excluding hydrogens is 274 g/mol. The predicted molar refractivity (Wildman–Crippen MR) is 89.2 cm³/mol. The maximum Gasteiger partial charge on any atom is 0.326 e. The van der Waals surface area contributed by atoms with Crippen molar-refractivity contribution >= 4 is 11.0 Å². The molecule has 1 saturated carbocycles. The van der Waals surface area contributed by atoms with Crippen molar-refractivity contribution in [2.24, 2.45) is 5.92 Å². The maximum atomic E-state index is 12.3. The van der Waals surface area contributed by atoms with E-state index < -0.39 is 0 Å². The summed E-state index contributed by atoms with van der Waals surface area (Å²) >= 11 is 0. The first-order chi connectivity index (χ1) is 10.8. The van der Waals surface area contributed by atoms with Crippen LogP contribution in [0.3, 0.4) is 0 Å². The van der Waals surface area contributed by atoms with Gasteiger partial charge in [0.2, 0.25) is 0 Å². The third-order valence-electron chi connectivity index (χ3n) is 5.62. The number of likely N-dealkylation sites (tertiary alicyclic amines) is 1. The van der Waals surface area contributed by atoms with E-state index in [-0.39, 0.29) is 5.69 Å². The van der Waals surface area contributed by atoms with Crippen molar-refractivity contribution in [1.29, 1.82) is 0 Å². The normalized spacial score (nSPS) is 21.3. The van der Waals surface area contributed by atoms with E-state index in [2.05, 4.69) is 16.0 Å². The number of rotatable bonds is 4. The Morgan fingerprint density at radius 3 is 2.59 bits per heavy atom. The van der Waals surface area contributed by atoms with Crippen LogP contribution in [0.1, 0.15) is 44.6 Å². The molecule has 118 valence electrons. The summed E-state index contributed by atoms with van der Waals surface area (Å²) in [6, 6.07) is 8.38. The molecule has 1 N–H and O–H groups in total. The summed E-state index contributed by atoms with van der Waals surface area (Å²) in [7, 11) is 0. The van der Waals surface area contributed by atoms with E-state index in [1.807, 2.05) is 22.8 Å². The molecule has 2 aromatic rings. The number of aromatic nitrogens is 2. The van der Waals surface area contributed by atoms with E-state index in [0.29, 0.717) is 6.04 Å². The van der Waals surface area contributed by atoms with Gasteiger partial charge in [0.25, 0.3) is 0 Å². The molecule has 4 heteroatoms. The summed E-state index contributed by atoms with van der Waals surface area (Å²) in [6.45, 7) is 3.51. The number of imidazole rings is 1. The van der Waals surface area contributed by atoms with Gasteiger partial charge in [-0.3, -0.25) is 4.57 Å². The lowest BCUT2D eigenvalue weighted by Crippen LogP contribution is -2.38. The molecule has 0 unspecified atom stereocenters. The zero-order valence-corrected chi connectivity index (χ0v) is 13.1. The topological polar surface area (TPSA) is 41.0 Å². The van der Waals surface area contributed by atoms with E-state index >= 15 is 0 Å². The summed E-state index contributed by atoms with van der Waals surface area (Å²) < 4.78 is 1.98. The number of para-hydroxylation sites is 2. The molecule has 1 aromatic heterocycles. The Bertz CT molecular complexity index is 690. The van der Waals surface area contributed by atoms with Crippen LogP contribution >= 0.6 is 0 Å². The Morgan fingerprint density at radius 2 is 1.86 bits per heavy atom. The summed E-state index contributed by atoms with van der Waals surface area (Å²) in [6.07, 6.45) is 7.88. The van der Waals surface area contributed by atoms with E-state index in [1.165, 1.54) is 32.2 Å². The van der Waals surface area contributed by atoms with Crippen LogP contribution in [-0.4, -0.2) is 34.1 Å². The highest BCUT2D eigenvalue weighted by atomic mass is 16.1. The largest absolute Gasteiger partial charge is 0.326 e. The quantitative estimate of drug-likeness (QED) is 0.942. The molecule has 1 aliphatic carbocycles. The Balaban J connectivity index is 1.42. The lowest BCUT2D eigenvalue weighted by molar-refractivity contribution is 0.162. The number of nitrogens with one attached hydrogen (secondary N) is 1. The lowest BCUT2D eigenvalue weighted by atomic mass is 9.83. The molecule has 0 atom stereocenters. The second kappa shape index (κ2) is 5.92. The monoisotopic (exact) mass is 299 g/mol. The van der Waals surface area contributed by atoms with Crippen molar-refractivity contribution in [2.45, 2.75) is 44.6 Å². The van der Waals surface area contributed by atoms with E-state index in [0.717, 1.165) is 42.9 Å². The number of piperidine rings is 1. The lowest BCUT2D eigenvalue weighted by Gasteiger charge is -2.34. The molecule has 2 heterocycles. The Hall–Kier alpha value is -1.55. The van der Waals surface area contributed by atoms with Crippen LogP contribution < -0.4 is 5.69 Å². The number of hydrogen-bond donors (Lipinski definition) is 1. The SMILES string of the molecule is O=c1[nH]c2ccccc2n1C1CCN(CCC2CCC2)CC1. The van der Waals surface area contributed by atoms with Crippen LogP contribution in [0.2, 0.25) is 0 Å². The van der Waals surface area contributed by atoms with Gasteiger partial charge < -0.3 is 9.88 Å². The fourth-order valence-electron chi connectivity index (χ4n) is 3.98. The predicted octanol–water partition coefficient (Wildman–Crippen LogP) is 3.16. The van der Waals surface area contributed by atoms with Gasteiger partial charge in [0.15, 0.2) is 0 Å². The molecule has 2 aliphatic rings. The van der Waals surface area contributed by atoms with Gasteiger partial charge in [-0.2, -0.15) is 0 Å². The molecule has 1 aromatic carbocycles. The van der Waals surface area contributed by atoms with Crippen molar-refractivity contribution in [3.05, 3.63) is 34.7 Å². The second-order valence-corrected chi connectivity index (χ2v) is 6.98. The third kappa shape index (κ3) is 2.60. The highest BCUT2D eigenvalue weighted by Crippen LogP contribution is 2.30. The number of aromatic amines is 1. The minimum Gasteiger partial charge on any atom is -0.306 e. The first kappa shape index (κ1) is 14.1. The molecule has 0 bridgehead atoms. The van der Waals surface area contributed by atoms with Crippen molar-refractivity contribution in [3.8, 4) is 0 Å². The zero-order valence-electron chi connectivity index (χ0n) is 13.1. The first-order valence-electron chi connectivity index (χ1n) is 8.73. The highest BCUT2D eigenvalue weighted by molar-refractivity contribution is 5.75. The standard InChI is InChI=1S/C18H25N3O/c22-18-19-16-6-1-2-7-17(16)21(18)15-9-12-20(13-10-15)11-8-14-4-3-5-14/h1-2,6-7,14-15H,3-5,8-13H2,(H,19,22). The average molecular weight is 299 g/mol. The fourth-order valence-corrected chi connectivity index (χ4v) is 3.98. The van der Waals surface area contributed by atoms with Crippen LogP contribution in [0, 0.1) is 5.92 Å². The molecule has 0 spiro atoms. The van der Waals surface area contributed by atoms with Crippen LogP contribution in [-0.2, 0) is 0 Å². The number of benzene rings is 1. The van der Waals surface area contributed by atoms with Gasteiger partial charge in [0, 0.05) is 19.1 Å². The number of hydrogen-bond acceptors (Lipinski definition) is 2. The summed E-state index contributed by atoms with van der Waals surface area (Å²) in [4.78, 5) is 17.9. The summed E-state index contributed by atoms with van der Waals surface area (Å²) in [5, 5.41) is 0. The molecule has 0 radical (unpaired) electrons. The van der Waals surface area contributed by atoms with E-state index in [1.54, 1.807) is 0 Å². The van der Waals surface area contributed by atoms with Crippen LogP contribution in [0.4, 0.5) is 0 Å². The van der Waals surface area contributed by atoms with Gasteiger partial charge in [-0.25, -0.2) is 4.79 Å². The highest BCUT2D eigenvalue weighted by Gasteiger charge is 2.24. The molecule has 22 heavy (non-hydrogen) atoms. The minimum atomic E-state index is 0.0501. The maximum absolute atomic E-state index is 12.3. The van der Waals surface area contributed by atoms with Crippen molar-refractivity contribution < 1.29 is 0 Å². The smallest absolute Gasteiger partial charge is 0.306 e. The molecule has 0 amide bonds. The van der Waals surface area contributed by atoms with Crippen LogP contribution in [0.15, 0.2) is 29.1 Å².